The maximum Gasteiger partial charge on any atom is 0.376 e. The summed E-state index contributed by atoms with van der Waals surface area (Å²) in [6, 6.07) is 7.33. The van der Waals surface area contributed by atoms with Crippen molar-refractivity contribution >= 4 is 17.5 Å². The Bertz CT molecular complexity index is 716. The number of hydrogen-bond donors (Lipinski definition) is 3. The molecule has 0 amide bonds. The second kappa shape index (κ2) is 6.57. The third-order valence-corrected chi connectivity index (χ3v) is 3.01. The molecule has 0 aliphatic rings. The molecule has 7 heteroatoms. The Morgan fingerprint density at radius 2 is 1.95 bits per heavy atom. The van der Waals surface area contributed by atoms with Gasteiger partial charge in [-0.3, -0.25) is 9.89 Å². The van der Waals surface area contributed by atoms with Crippen molar-refractivity contribution in [3.63, 3.8) is 0 Å². The predicted molar refractivity (Wildman–Crippen MR) is 77.6 cm³/mol. The number of aromatic amines is 1. The highest BCUT2D eigenvalue weighted by atomic mass is 16.5. The van der Waals surface area contributed by atoms with E-state index in [1.165, 1.54) is 6.20 Å². The van der Waals surface area contributed by atoms with Gasteiger partial charge in [0, 0.05) is 18.1 Å². The van der Waals surface area contributed by atoms with E-state index in [9.17, 15) is 14.7 Å². The molecular formula is C15H14N2O5. The van der Waals surface area contributed by atoms with Crippen LogP contribution in [0.25, 0.3) is 5.76 Å². The van der Waals surface area contributed by atoms with Gasteiger partial charge in [0.05, 0.1) is 13.3 Å². The first-order valence-electron chi connectivity index (χ1n) is 6.34. The van der Waals surface area contributed by atoms with Crippen LogP contribution in [0.2, 0.25) is 0 Å². The van der Waals surface area contributed by atoms with Crippen molar-refractivity contribution in [2.75, 3.05) is 7.11 Å². The number of H-pyrrole nitrogens is 1. The lowest BCUT2D eigenvalue weighted by atomic mass is 10.0. The van der Waals surface area contributed by atoms with Crippen molar-refractivity contribution in [3.8, 4) is 5.75 Å². The Labute approximate surface area is 125 Å². The van der Waals surface area contributed by atoms with Gasteiger partial charge in [0.2, 0.25) is 0 Å². The summed E-state index contributed by atoms with van der Waals surface area (Å²) < 4.78 is 5.07. The monoisotopic (exact) mass is 302 g/mol. The molecular weight excluding hydrogens is 288 g/mol. The fraction of sp³-hybridized carbons (Fsp3) is 0.133. The number of aliphatic carboxylic acids is 1. The van der Waals surface area contributed by atoms with Gasteiger partial charge in [0.15, 0.2) is 0 Å². The molecule has 2 aromatic rings. The van der Waals surface area contributed by atoms with Gasteiger partial charge in [0.1, 0.15) is 17.2 Å². The van der Waals surface area contributed by atoms with Crippen LogP contribution < -0.4 is 4.74 Å². The van der Waals surface area contributed by atoms with E-state index < -0.39 is 17.5 Å². The smallest absolute Gasteiger partial charge is 0.376 e. The average Bonchev–Trinajstić information content (AvgIpc) is 2.96. The van der Waals surface area contributed by atoms with Crippen molar-refractivity contribution in [3.05, 3.63) is 53.4 Å². The number of nitrogens with one attached hydrogen (secondary N) is 1. The Balaban J connectivity index is 2.21. The van der Waals surface area contributed by atoms with Crippen LogP contribution in [-0.4, -0.2) is 39.3 Å². The molecule has 0 aliphatic heterocycles. The minimum atomic E-state index is -1.64. The number of carboxylic acids is 1. The maximum atomic E-state index is 11.1. The van der Waals surface area contributed by atoms with E-state index in [4.69, 9.17) is 9.84 Å². The van der Waals surface area contributed by atoms with Crippen LogP contribution in [0.3, 0.4) is 0 Å². The predicted octanol–water partition coefficient (Wildman–Crippen LogP) is 1.56. The van der Waals surface area contributed by atoms with E-state index in [-0.39, 0.29) is 5.69 Å². The molecule has 0 fully saturated rings. The number of aliphatic hydroxyl groups is 1. The number of rotatable bonds is 6. The SMILES string of the molecule is COc1ccc(Cc2cn[nH]c2C(O)=CC(=O)C(=O)O)cc1. The molecule has 1 heterocycles. The zero-order valence-electron chi connectivity index (χ0n) is 11.7. The summed E-state index contributed by atoms with van der Waals surface area (Å²) >= 11 is 0. The largest absolute Gasteiger partial charge is 0.506 e. The van der Waals surface area contributed by atoms with Crippen molar-refractivity contribution in [2.24, 2.45) is 0 Å². The number of hydrogen-bond acceptors (Lipinski definition) is 5. The van der Waals surface area contributed by atoms with Crippen LogP contribution in [0.15, 0.2) is 36.5 Å². The number of ketones is 1. The molecule has 0 aliphatic carbocycles. The molecule has 1 aromatic heterocycles. The number of ether oxygens (including phenoxy) is 1. The molecule has 0 atom stereocenters. The number of aliphatic hydroxyl groups excluding tert-OH is 1. The van der Waals surface area contributed by atoms with Crippen molar-refractivity contribution in [2.45, 2.75) is 6.42 Å². The summed E-state index contributed by atoms with van der Waals surface area (Å²) in [7, 11) is 1.57. The van der Waals surface area contributed by atoms with E-state index in [0.29, 0.717) is 18.1 Å². The Hall–Kier alpha value is -3.09. The zero-order chi connectivity index (χ0) is 16.1. The van der Waals surface area contributed by atoms with Crippen LogP contribution in [0.5, 0.6) is 5.75 Å². The molecule has 22 heavy (non-hydrogen) atoms. The molecule has 0 bridgehead atoms. The van der Waals surface area contributed by atoms with Crippen molar-refractivity contribution < 1.29 is 24.5 Å². The molecule has 0 unspecified atom stereocenters. The highest BCUT2D eigenvalue weighted by Gasteiger charge is 2.14. The lowest BCUT2D eigenvalue weighted by Gasteiger charge is -2.04. The van der Waals surface area contributed by atoms with Crippen molar-refractivity contribution in [1.82, 2.24) is 10.2 Å². The number of benzene rings is 1. The highest BCUT2D eigenvalue weighted by molar-refractivity contribution is 6.38. The third-order valence-electron chi connectivity index (χ3n) is 3.01. The molecule has 0 saturated carbocycles. The first-order chi connectivity index (χ1) is 10.5. The van der Waals surface area contributed by atoms with Gasteiger partial charge in [-0.2, -0.15) is 5.10 Å². The van der Waals surface area contributed by atoms with Gasteiger partial charge in [-0.25, -0.2) is 4.79 Å². The number of carbonyl (C=O) groups excluding carboxylic acids is 1. The van der Waals surface area contributed by atoms with Crippen molar-refractivity contribution in [1.29, 1.82) is 0 Å². The molecule has 0 saturated heterocycles. The van der Waals surface area contributed by atoms with E-state index >= 15 is 0 Å². The average molecular weight is 302 g/mol. The normalized spacial score (nSPS) is 11.2. The second-order valence-corrected chi connectivity index (χ2v) is 4.49. The summed E-state index contributed by atoms with van der Waals surface area (Å²) in [5, 5.41) is 24.8. The van der Waals surface area contributed by atoms with Crippen LogP contribution in [0.4, 0.5) is 0 Å². The number of aromatic nitrogens is 2. The standard InChI is InChI=1S/C15H14N2O5/c1-22-11-4-2-9(3-5-11)6-10-8-16-17-14(10)12(18)7-13(19)15(20)21/h2-5,7-8,18H,6H2,1H3,(H,16,17)(H,20,21). The van der Waals surface area contributed by atoms with Gasteiger partial charge in [-0.05, 0) is 17.7 Å². The van der Waals surface area contributed by atoms with Crippen LogP contribution in [0.1, 0.15) is 16.8 Å². The fourth-order valence-corrected chi connectivity index (χ4v) is 1.89. The lowest BCUT2D eigenvalue weighted by molar-refractivity contribution is -0.146. The van der Waals surface area contributed by atoms with Gasteiger partial charge >= 0.3 is 5.97 Å². The van der Waals surface area contributed by atoms with Gasteiger partial charge < -0.3 is 14.9 Å². The Kier molecular flexibility index (Phi) is 4.57. The molecule has 0 radical (unpaired) electrons. The molecule has 1 aromatic carbocycles. The quantitative estimate of drug-likeness (QED) is 0.424. The van der Waals surface area contributed by atoms with Gasteiger partial charge in [0.25, 0.3) is 5.78 Å². The molecule has 3 N–H and O–H groups in total. The number of carbonyl (C=O) groups is 2. The summed E-state index contributed by atoms with van der Waals surface area (Å²) in [4.78, 5) is 21.6. The number of nitrogens with zero attached hydrogens (tertiary/aromatic N) is 1. The Morgan fingerprint density at radius 3 is 2.55 bits per heavy atom. The van der Waals surface area contributed by atoms with E-state index in [1.807, 2.05) is 12.1 Å². The molecule has 7 nitrogen and oxygen atoms in total. The first-order valence-corrected chi connectivity index (χ1v) is 6.34. The van der Waals surface area contributed by atoms with E-state index in [0.717, 1.165) is 11.3 Å². The lowest BCUT2D eigenvalue weighted by Crippen LogP contribution is -2.10. The zero-order valence-corrected chi connectivity index (χ0v) is 11.7. The Morgan fingerprint density at radius 1 is 1.27 bits per heavy atom. The van der Waals surface area contributed by atoms with Crippen LogP contribution in [-0.2, 0) is 16.0 Å². The van der Waals surface area contributed by atoms with Crippen LogP contribution >= 0.6 is 0 Å². The first kappa shape index (κ1) is 15.3. The molecule has 2 rings (SSSR count). The highest BCUT2D eigenvalue weighted by Crippen LogP contribution is 2.19. The summed E-state index contributed by atoms with van der Waals surface area (Å²) in [6.07, 6.45) is 2.61. The minimum Gasteiger partial charge on any atom is -0.506 e. The number of carboxylic acid groups (broad SMARTS) is 1. The molecule has 0 spiro atoms. The van der Waals surface area contributed by atoms with E-state index in [2.05, 4.69) is 10.2 Å². The summed E-state index contributed by atoms with van der Waals surface area (Å²) in [6.45, 7) is 0. The van der Waals surface area contributed by atoms with Crippen LogP contribution in [0, 0.1) is 0 Å². The van der Waals surface area contributed by atoms with Gasteiger partial charge in [-0.1, -0.05) is 12.1 Å². The molecule has 114 valence electrons. The topological polar surface area (TPSA) is 113 Å². The van der Waals surface area contributed by atoms with E-state index in [1.54, 1.807) is 19.2 Å². The summed E-state index contributed by atoms with van der Waals surface area (Å²) in [5.74, 6) is -2.58. The fourth-order valence-electron chi connectivity index (χ4n) is 1.89. The van der Waals surface area contributed by atoms with Gasteiger partial charge in [-0.15, -0.1) is 0 Å². The second-order valence-electron chi connectivity index (χ2n) is 4.49. The number of methoxy groups -OCH3 is 1. The maximum absolute atomic E-state index is 11.1. The minimum absolute atomic E-state index is 0.213. The summed E-state index contributed by atoms with van der Waals surface area (Å²) in [5.41, 5.74) is 1.79. The third kappa shape index (κ3) is 3.51.